The zero-order valence-corrected chi connectivity index (χ0v) is 11.0. The number of aryl methyl sites for hydroxylation is 1. The van der Waals surface area contributed by atoms with Crippen molar-refractivity contribution < 1.29 is 9.53 Å². The van der Waals surface area contributed by atoms with Gasteiger partial charge in [0.2, 0.25) is 5.91 Å². The summed E-state index contributed by atoms with van der Waals surface area (Å²) >= 11 is 0. The number of hydrogen-bond donors (Lipinski definition) is 1. The molecule has 0 radical (unpaired) electrons. The average Bonchev–Trinajstić information content (AvgIpc) is 2.40. The van der Waals surface area contributed by atoms with Gasteiger partial charge in [0, 0.05) is 11.8 Å². The first-order valence-electron chi connectivity index (χ1n) is 6.03. The molecule has 4 heteroatoms. The van der Waals surface area contributed by atoms with Gasteiger partial charge in [-0.1, -0.05) is 23.8 Å². The van der Waals surface area contributed by atoms with Crippen molar-refractivity contribution in [3.63, 3.8) is 0 Å². The van der Waals surface area contributed by atoms with Crippen molar-refractivity contribution in [2.75, 3.05) is 12.4 Å². The van der Waals surface area contributed by atoms with E-state index in [9.17, 15) is 4.79 Å². The smallest absolute Gasteiger partial charge is 0.230 e. The van der Waals surface area contributed by atoms with Crippen LogP contribution in [-0.2, 0) is 11.2 Å². The van der Waals surface area contributed by atoms with E-state index in [4.69, 9.17) is 4.74 Å². The standard InChI is InChI=1S/C15H16N2O2/c1-11-6-7-13(19-2)12(9-11)10-15(18)17-14-5-3-4-8-16-14/h3-9H,10H2,1-2H3,(H,16,17,18). The molecule has 0 bridgehead atoms. The third kappa shape index (κ3) is 3.55. The number of carbonyl (C=O) groups is 1. The number of nitrogens with zero attached hydrogens (tertiary/aromatic N) is 1. The van der Waals surface area contributed by atoms with Crippen LogP contribution in [0.2, 0.25) is 0 Å². The summed E-state index contributed by atoms with van der Waals surface area (Å²) < 4.78 is 5.26. The van der Waals surface area contributed by atoms with Gasteiger partial charge in [-0.15, -0.1) is 0 Å². The second kappa shape index (κ2) is 6.00. The Labute approximate surface area is 112 Å². The van der Waals surface area contributed by atoms with E-state index in [1.807, 2.05) is 31.2 Å². The first kappa shape index (κ1) is 13.1. The molecule has 2 aromatic rings. The van der Waals surface area contributed by atoms with Crippen LogP contribution in [0.25, 0.3) is 0 Å². The number of methoxy groups -OCH3 is 1. The summed E-state index contributed by atoms with van der Waals surface area (Å²) in [7, 11) is 1.60. The van der Waals surface area contributed by atoms with Gasteiger partial charge in [-0.3, -0.25) is 4.79 Å². The lowest BCUT2D eigenvalue weighted by Gasteiger charge is -2.09. The lowest BCUT2D eigenvalue weighted by Crippen LogP contribution is -2.15. The minimum absolute atomic E-state index is 0.109. The monoisotopic (exact) mass is 256 g/mol. The fraction of sp³-hybridized carbons (Fsp3) is 0.200. The molecule has 0 spiro atoms. The predicted molar refractivity (Wildman–Crippen MR) is 74.3 cm³/mol. The summed E-state index contributed by atoms with van der Waals surface area (Å²) in [5.74, 6) is 1.17. The molecule has 1 heterocycles. The minimum atomic E-state index is -0.109. The van der Waals surface area contributed by atoms with Crippen molar-refractivity contribution in [3.05, 3.63) is 53.7 Å². The maximum absolute atomic E-state index is 12.0. The Balaban J connectivity index is 2.09. The van der Waals surface area contributed by atoms with E-state index in [2.05, 4.69) is 10.3 Å². The molecule has 0 atom stereocenters. The highest BCUT2D eigenvalue weighted by Crippen LogP contribution is 2.20. The Morgan fingerprint density at radius 1 is 1.32 bits per heavy atom. The number of hydrogen-bond acceptors (Lipinski definition) is 3. The topological polar surface area (TPSA) is 51.2 Å². The zero-order chi connectivity index (χ0) is 13.7. The van der Waals surface area contributed by atoms with Gasteiger partial charge in [0.1, 0.15) is 11.6 Å². The summed E-state index contributed by atoms with van der Waals surface area (Å²) in [6.07, 6.45) is 1.91. The number of aromatic nitrogens is 1. The quantitative estimate of drug-likeness (QED) is 0.914. The summed E-state index contributed by atoms with van der Waals surface area (Å²) in [4.78, 5) is 16.0. The molecule has 0 saturated heterocycles. The minimum Gasteiger partial charge on any atom is -0.496 e. The number of rotatable bonds is 4. The number of nitrogens with one attached hydrogen (secondary N) is 1. The van der Waals surface area contributed by atoms with Crippen molar-refractivity contribution >= 4 is 11.7 Å². The molecule has 0 saturated carbocycles. The highest BCUT2D eigenvalue weighted by atomic mass is 16.5. The van der Waals surface area contributed by atoms with Crippen LogP contribution in [0.5, 0.6) is 5.75 Å². The van der Waals surface area contributed by atoms with E-state index >= 15 is 0 Å². The van der Waals surface area contributed by atoms with E-state index in [0.717, 1.165) is 16.9 Å². The van der Waals surface area contributed by atoms with Crippen LogP contribution in [0.15, 0.2) is 42.6 Å². The van der Waals surface area contributed by atoms with Gasteiger partial charge in [0.15, 0.2) is 0 Å². The Kier molecular flexibility index (Phi) is 4.13. The molecule has 1 aromatic carbocycles. The maximum atomic E-state index is 12.0. The molecule has 2 rings (SSSR count). The third-order valence-electron chi connectivity index (χ3n) is 2.72. The molecule has 98 valence electrons. The Morgan fingerprint density at radius 2 is 2.16 bits per heavy atom. The summed E-state index contributed by atoms with van der Waals surface area (Å²) in [6.45, 7) is 1.99. The Morgan fingerprint density at radius 3 is 2.84 bits per heavy atom. The van der Waals surface area contributed by atoms with E-state index < -0.39 is 0 Å². The van der Waals surface area contributed by atoms with E-state index in [1.165, 1.54) is 0 Å². The number of pyridine rings is 1. The summed E-state index contributed by atoms with van der Waals surface area (Å²) in [5, 5.41) is 2.76. The zero-order valence-electron chi connectivity index (χ0n) is 11.0. The molecule has 4 nitrogen and oxygen atoms in total. The number of carbonyl (C=O) groups excluding carboxylic acids is 1. The molecule has 0 fully saturated rings. The van der Waals surface area contributed by atoms with Crippen LogP contribution in [-0.4, -0.2) is 18.0 Å². The fourth-order valence-corrected chi connectivity index (χ4v) is 1.84. The number of amides is 1. The molecule has 0 aliphatic rings. The van der Waals surface area contributed by atoms with E-state index in [1.54, 1.807) is 25.4 Å². The number of ether oxygens (including phenoxy) is 1. The molecule has 1 aromatic heterocycles. The van der Waals surface area contributed by atoms with Gasteiger partial charge < -0.3 is 10.1 Å². The largest absolute Gasteiger partial charge is 0.496 e. The highest BCUT2D eigenvalue weighted by molar-refractivity contribution is 5.91. The van der Waals surface area contributed by atoms with Crippen molar-refractivity contribution in [1.82, 2.24) is 4.98 Å². The van der Waals surface area contributed by atoms with Crippen LogP contribution in [0.3, 0.4) is 0 Å². The van der Waals surface area contributed by atoms with Crippen molar-refractivity contribution in [1.29, 1.82) is 0 Å². The molecule has 0 aliphatic heterocycles. The normalized spacial score (nSPS) is 10.0. The lowest BCUT2D eigenvalue weighted by atomic mass is 10.1. The van der Waals surface area contributed by atoms with E-state index in [-0.39, 0.29) is 12.3 Å². The summed E-state index contributed by atoms with van der Waals surface area (Å²) in [5.41, 5.74) is 1.97. The molecule has 1 N–H and O–H groups in total. The van der Waals surface area contributed by atoms with Gasteiger partial charge in [-0.2, -0.15) is 0 Å². The predicted octanol–water partition coefficient (Wildman–Crippen LogP) is 2.58. The van der Waals surface area contributed by atoms with Gasteiger partial charge in [-0.25, -0.2) is 4.98 Å². The Bertz CT molecular complexity index is 568. The molecule has 19 heavy (non-hydrogen) atoms. The molecular weight excluding hydrogens is 240 g/mol. The van der Waals surface area contributed by atoms with E-state index in [0.29, 0.717) is 5.82 Å². The highest BCUT2D eigenvalue weighted by Gasteiger charge is 2.09. The first-order chi connectivity index (χ1) is 9.19. The molecule has 1 amide bonds. The fourth-order valence-electron chi connectivity index (χ4n) is 1.84. The number of anilines is 1. The van der Waals surface area contributed by atoms with Gasteiger partial charge in [0.25, 0.3) is 0 Å². The number of benzene rings is 1. The van der Waals surface area contributed by atoms with Crippen LogP contribution in [0.1, 0.15) is 11.1 Å². The second-order valence-electron chi connectivity index (χ2n) is 4.26. The summed E-state index contributed by atoms with van der Waals surface area (Å²) in [6, 6.07) is 11.2. The third-order valence-corrected chi connectivity index (χ3v) is 2.72. The van der Waals surface area contributed by atoms with Gasteiger partial charge in [0.05, 0.1) is 13.5 Å². The van der Waals surface area contributed by atoms with Crippen LogP contribution < -0.4 is 10.1 Å². The van der Waals surface area contributed by atoms with Crippen molar-refractivity contribution in [2.45, 2.75) is 13.3 Å². The lowest BCUT2D eigenvalue weighted by molar-refractivity contribution is -0.115. The Hall–Kier alpha value is -2.36. The van der Waals surface area contributed by atoms with Gasteiger partial charge >= 0.3 is 0 Å². The van der Waals surface area contributed by atoms with Gasteiger partial charge in [-0.05, 0) is 25.1 Å². The average molecular weight is 256 g/mol. The maximum Gasteiger partial charge on any atom is 0.230 e. The van der Waals surface area contributed by atoms with Crippen LogP contribution in [0, 0.1) is 6.92 Å². The van der Waals surface area contributed by atoms with Crippen LogP contribution in [0.4, 0.5) is 5.82 Å². The van der Waals surface area contributed by atoms with Crippen LogP contribution >= 0.6 is 0 Å². The molecular formula is C15H16N2O2. The first-order valence-corrected chi connectivity index (χ1v) is 6.03. The second-order valence-corrected chi connectivity index (χ2v) is 4.26. The SMILES string of the molecule is COc1ccc(C)cc1CC(=O)Nc1ccccn1. The van der Waals surface area contributed by atoms with Crippen molar-refractivity contribution in [3.8, 4) is 5.75 Å². The molecule has 0 unspecified atom stereocenters. The molecule has 0 aliphatic carbocycles. The van der Waals surface area contributed by atoms with Crippen molar-refractivity contribution in [2.24, 2.45) is 0 Å².